The molecule has 3 aliphatic rings. The van der Waals surface area contributed by atoms with E-state index in [1.54, 1.807) is 11.1 Å². The van der Waals surface area contributed by atoms with Crippen molar-refractivity contribution in [2.75, 3.05) is 19.6 Å². The van der Waals surface area contributed by atoms with E-state index in [1.807, 2.05) is 23.1 Å². The maximum absolute atomic E-state index is 12.9. The third kappa shape index (κ3) is 2.92. The van der Waals surface area contributed by atoms with E-state index in [1.165, 1.54) is 25.7 Å². The molecular weight excluding hydrogens is 302 g/mol. The Morgan fingerprint density at radius 3 is 2.83 bits per heavy atom. The summed E-state index contributed by atoms with van der Waals surface area (Å²) in [5, 5.41) is 0. The Balaban J connectivity index is 1.37. The first-order valence-corrected chi connectivity index (χ1v) is 9.12. The van der Waals surface area contributed by atoms with Gasteiger partial charge in [-0.15, -0.1) is 0 Å². The quantitative estimate of drug-likeness (QED) is 0.855. The highest BCUT2D eigenvalue weighted by Crippen LogP contribution is 2.45. The number of nitrogens with zero attached hydrogens (tertiary/aromatic N) is 3. The van der Waals surface area contributed by atoms with Crippen LogP contribution in [-0.2, 0) is 16.1 Å². The molecule has 5 nitrogen and oxygen atoms in total. The van der Waals surface area contributed by atoms with Gasteiger partial charge in [0.05, 0.1) is 18.2 Å². The predicted octanol–water partition coefficient (Wildman–Crippen LogP) is 2.22. The van der Waals surface area contributed by atoms with Gasteiger partial charge in [0, 0.05) is 32.3 Å². The van der Waals surface area contributed by atoms with Gasteiger partial charge in [-0.2, -0.15) is 0 Å². The first kappa shape index (κ1) is 15.6. The van der Waals surface area contributed by atoms with Crippen LogP contribution in [0.1, 0.15) is 44.2 Å². The summed E-state index contributed by atoms with van der Waals surface area (Å²) >= 11 is 0. The number of aromatic nitrogens is 1. The maximum Gasteiger partial charge on any atom is 0.228 e. The monoisotopic (exact) mass is 327 g/mol. The normalized spacial score (nSPS) is 25.8. The van der Waals surface area contributed by atoms with E-state index in [4.69, 9.17) is 0 Å². The largest absolute Gasteiger partial charge is 0.342 e. The van der Waals surface area contributed by atoms with Gasteiger partial charge in [-0.05, 0) is 36.8 Å². The van der Waals surface area contributed by atoms with Gasteiger partial charge in [-0.25, -0.2) is 0 Å². The van der Waals surface area contributed by atoms with E-state index in [-0.39, 0.29) is 17.7 Å². The second-order valence-electron chi connectivity index (χ2n) is 7.71. The number of pyridine rings is 1. The van der Waals surface area contributed by atoms with Crippen LogP contribution in [0.2, 0.25) is 0 Å². The summed E-state index contributed by atoms with van der Waals surface area (Å²) in [5.74, 6) is 0.0993. The molecule has 0 aromatic carbocycles. The summed E-state index contributed by atoms with van der Waals surface area (Å²) in [6, 6.07) is 5.72. The van der Waals surface area contributed by atoms with Crippen LogP contribution in [0.25, 0.3) is 0 Å². The predicted molar refractivity (Wildman–Crippen MR) is 89.9 cm³/mol. The molecule has 2 saturated heterocycles. The van der Waals surface area contributed by atoms with Gasteiger partial charge in [0.2, 0.25) is 11.8 Å². The summed E-state index contributed by atoms with van der Waals surface area (Å²) < 4.78 is 0. The van der Waals surface area contributed by atoms with Gasteiger partial charge in [0.25, 0.3) is 0 Å². The molecule has 1 aliphatic carbocycles. The van der Waals surface area contributed by atoms with E-state index in [0.29, 0.717) is 24.9 Å². The minimum atomic E-state index is -0.169. The highest BCUT2D eigenvalue weighted by molar-refractivity contribution is 5.89. The van der Waals surface area contributed by atoms with Crippen molar-refractivity contribution in [2.45, 2.75) is 45.1 Å². The van der Waals surface area contributed by atoms with Gasteiger partial charge in [0.15, 0.2) is 0 Å². The molecule has 1 atom stereocenters. The summed E-state index contributed by atoms with van der Waals surface area (Å²) in [5.41, 5.74) is 1.27. The van der Waals surface area contributed by atoms with Crippen LogP contribution in [0.4, 0.5) is 0 Å². The summed E-state index contributed by atoms with van der Waals surface area (Å²) in [7, 11) is 0. The average molecular weight is 327 g/mol. The first-order valence-electron chi connectivity index (χ1n) is 9.12. The Kier molecular flexibility index (Phi) is 4.02. The number of hydrogen-bond donors (Lipinski definition) is 0. The molecule has 0 radical (unpaired) electrons. The molecule has 0 bridgehead atoms. The van der Waals surface area contributed by atoms with Crippen molar-refractivity contribution < 1.29 is 9.59 Å². The molecule has 1 unspecified atom stereocenters. The third-order valence-corrected chi connectivity index (χ3v) is 6.06. The SMILES string of the molecule is O=C1CC(C(=O)N2CCC3(CCCC3)C2)CN1Cc1ccccn1. The molecule has 1 aromatic rings. The van der Waals surface area contributed by atoms with Gasteiger partial charge in [0.1, 0.15) is 0 Å². The fraction of sp³-hybridized carbons (Fsp3) is 0.632. The van der Waals surface area contributed by atoms with Crippen LogP contribution in [0, 0.1) is 11.3 Å². The zero-order chi connectivity index (χ0) is 16.6. The molecule has 3 fully saturated rings. The Labute approximate surface area is 143 Å². The van der Waals surface area contributed by atoms with Crippen LogP contribution < -0.4 is 0 Å². The van der Waals surface area contributed by atoms with Crippen molar-refractivity contribution in [3.63, 3.8) is 0 Å². The Morgan fingerprint density at radius 1 is 1.25 bits per heavy atom. The molecule has 1 saturated carbocycles. The summed E-state index contributed by atoms with van der Waals surface area (Å²) in [6.45, 7) is 2.84. The summed E-state index contributed by atoms with van der Waals surface area (Å²) in [4.78, 5) is 33.3. The highest BCUT2D eigenvalue weighted by atomic mass is 16.2. The van der Waals surface area contributed by atoms with Crippen molar-refractivity contribution in [3.05, 3.63) is 30.1 Å². The maximum atomic E-state index is 12.9. The lowest BCUT2D eigenvalue weighted by Crippen LogP contribution is -2.37. The number of carbonyl (C=O) groups is 2. The molecule has 3 heterocycles. The first-order chi connectivity index (χ1) is 11.7. The highest BCUT2D eigenvalue weighted by Gasteiger charge is 2.44. The van der Waals surface area contributed by atoms with Crippen molar-refractivity contribution >= 4 is 11.8 Å². The van der Waals surface area contributed by atoms with Crippen LogP contribution in [-0.4, -0.2) is 46.2 Å². The molecule has 24 heavy (non-hydrogen) atoms. The van der Waals surface area contributed by atoms with Crippen molar-refractivity contribution in [1.29, 1.82) is 0 Å². The second-order valence-corrected chi connectivity index (χ2v) is 7.71. The molecule has 2 amide bonds. The Bertz CT molecular complexity index is 625. The van der Waals surface area contributed by atoms with E-state index in [9.17, 15) is 9.59 Å². The van der Waals surface area contributed by atoms with Crippen LogP contribution in [0.15, 0.2) is 24.4 Å². The average Bonchev–Trinajstić information content (AvgIpc) is 3.31. The van der Waals surface area contributed by atoms with Gasteiger partial charge in [-0.3, -0.25) is 14.6 Å². The molecule has 128 valence electrons. The van der Waals surface area contributed by atoms with Gasteiger partial charge < -0.3 is 9.80 Å². The van der Waals surface area contributed by atoms with Gasteiger partial charge >= 0.3 is 0 Å². The number of likely N-dealkylation sites (tertiary alicyclic amines) is 2. The summed E-state index contributed by atoms with van der Waals surface area (Å²) in [6.07, 6.45) is 8.40. The van der Waals surface area contributed by atoms with Crippen molar-refractivity contribution in [1.82, 2.24) is 14.8 Å². The van der Waals surface area contributed by atoms with Gasteiger partial charge in [-0.1, -0.05) is 18.9 Å². The van der Waals surface area contributed by atoms with E-state index < -0.39 is 0 Å². The molecule has 1 spiro atoms. The van der Waals surface area contributed by atoms with E-state index in [2.05, 4.69) is 4.98 Å². The fourth-order valence-electron chi connectivity index (χ4n) is 4.69. The lowest BCUT2D eigenvalue weighted by Gasteiger charge is -2.25. The molecule has 4 rings (SSSR count). The van der Waals surface area contributed by atoms with E-state index in [0.717, 1.165) is 25.2 Å². The minimum Gasteiger partial charge on any atom is -0.342 e. The van der Waals surface area contributed by atoms with Crippen molar-refractivity contribution in [2.24, 2.45) is 11.3 Å². The smallest absolute Gasteiger partial charge is 0.228 e. The van der Waals surface area contributed by atoms with Crippen molar-refractivity contribution in [3.8, 4) is 0 Å². The number of carbonyl (C=O) groups excluding carboxylic acids is 2. The van der Waals surface area contributed by atoms with Crippen LogP contribution in [0.3, 0.4) is 0 Å². The molecule has 2 aliphatic heterocycles. The van der Waals surface area contributed by atoms with E-state index >= 15 is 0 Å². The molecule has 5 heteroatoms. The number of rotatable bonds is 3. The molecule has 1 aromatic heterocycles. The lowest BCUT2D eigenvalue weighted by atomic mass is 9.86. The lowest BCUT2D eigenvalue weighted by molar-refractivity contribution is -0.135. The minimum absolute atomic E-state index is 0.0776. The van der Waals surface area contributed by atoms with Crippen LogP contribution >= 0.6 is 0 Å². The molecular formula is C19H25N3O2. The molecule has 0 N–H and O–H groups in total. The number of hydrogen-bond acceptors (Lipinski definition) is 3. The van der Waals surface area contributed by atoms with Crippen LogP contribution in [0.5, 0.6) is 0 Å². The third-order valence-electron chi connectivity index (χ3n) is 6.06. The second kappa shape index (κ2) is 6.19. The topological polar surface area (TPSA) is 53.5 Å². The zero-order valence-electron chi connectivity index (χ0n) is 14.1. The Hall–Kier alpha value is -1.91. The number of amides is 2. The fourth-order valence-corrected chi connectivity index (χ4v) is 4.69. The standard InChI is InChI=1S/C19H25N3O2/c23-17-11-15(12-22(17)13-16-5-1-4-9-20-16)18(24)21-10-8-19(14-21)6-2-3-7-19/h1,4-5,9,15H,2-3,6-8,10-14H2. The zero-order valence-corrected chi connectivity index (χ0v) is 14.1. The Morgan fingerprint density at radius 2 is 2.08 bits per heavy atom.